The van der Waals surface area contributed by atoms with Crippen molar-refractivity contribution in [1.82, 2.24) is 9.80 Å². The van der Waals surface area contributed by atoms with Crippen LogP contribution in [0.1, 0.15) is 12.0 Å². The van der Waals surface area contributed by atoms with Crippen molar-refractivity contribution < 1.29 is 14.5 Å². The number of halogens is 1. The molecule has 39 heavy (non-hydrogen) atoms. The Bertz CT molecular complexity index is 1380. The van der Waals surface area contributed by atoms with Crippen molar-refractivity contribution >= 4 is 57.4 Å². The number of carbonyl (C=O) groups excluding carboxylic acids is 2. The lowest BCUT2D eigenvalue weighted by Crippen LogP contribution is -2.53. The summed E-state index contributed by atoms with van der Waals surface area (Å²) in [5, 5.41) is 11.4. The number of hydrogen-bond donors (Lipinski definition) is 0. The second-order valence-electron chi connectivity index (χ2n) is 9.23. The van der Waals surface area contributed by atoms with E-state index in [0.717, 1.165) is 11.3 Å². The molecule has 0 saturated carbocycles. The number of aliphatic imine (C=N–C) groups is 1. The molecular weight excluding hydrogens is 538 g/mol. The van der Waals surface area contributed by atoms with Crippen molar-refractivity contribution in [1.29, 1.82) is 0 Å². The van der Waals surface area contributed by atoms with E-state index in [1.165, 1.54) is 23.9 Å². The number of benzene rings is 3. The number of carbonyl (C=O) groups is 2. The summed E-state index contributed by atoms with van der Waals surface area (Å²) in [6.45, 7) is 2.56. The third-order valence-electron chi connectivity index (χ3n) is 6.67. The highest BCUT2D eigenvalue weighted by Crippen LogP contribution is 2.32. The number of amides is 2. The van der Waals surface area contributed by atoms with E-state index in [4.69, 9.17) is 16.6 Å². The van der Waals surface area contributed by atoms with Crippen LogP contribution in [0, 0.1) is 10.1 Å². The second kappa shape index (κ2) is 11.9. The molecule has 2 saturated heterocycles. The number of piperazine rings is 1. The highest BCUT2D eigenvalue weighted by atomic mass is 35.5. The lowest BCUT2D eigenvalue weighted by atomic mass is 10.1. The molecule has 11 heteroatoms. The Hall–Kier alpha value is -3.89. The molecule has 0 aliphatic carbocycles. The SMILES string of the molecule is O=C([C@@H]1CC(=O)N(Cc2ccccc2)C(=Nc2ccc(Cl)cc2)S1)N1CCN(c2ccc([N+](=O)[O-])cc2)CC1. The molecule has 0 N–H and O–H groups in total. The standard InChI is InChI=1S/C28H26ClN5O4S/c29-21-6-8-22(9-7-21)30-28-33(19-20-4-2-1-3-5-20)26(35)18-25(39-28)27(36)32-16-14-31(15-17-32)23-10-12-24(13-11-23)34(37)38/h1-13,25H,14-19H2/t25-/m0/s1. The number of thioether (sulfide) groups is 1. The summed E-state index contributed by atoms with van der Waals surface area (Å²) in [6.07, 6.45) is 0.0958. The Labute approximate surface area is 235 Å². The van der Waals surface area contributed by atoms with E-state index < -0.39 is 10.2 Å². The quantitative estimate of drug-likeness (QED) is 0.305. The zero-order chi connectivity index (χ0) is 27.4. The van der Waals surface area contributed by atoms with Gasteiger partial charge < -0.3 is 9.80 Å². The highest BCUT2D eigenvalue weighted by Gasteiger charge is 2.38. The summed E-state index contributed by atoms with van der Waals surface area (Å²) in [5.41, 5.74) is 2.55. The first-order chi connectivity index (χ1) is 18.9. The Balaban J connectivity index is 1.29. The smallest absolute Gasteiger partial charge is 0.269 e. The molecule has 5 rings (SSSR count). The fourth-order valence-electron chi connectivity index (χ4n) is 4.55. The van der Waals surface area contributed by atoms with Gasteiger partial charge in [0.2, 0.25) is 11.8 Å². The van der Waals surface area contributed by atoms with Crippen molar-refractivity contribution in [3.05, 3.63) is 99.6 Å². The lowest BCUT2D eigenvalue weighted by molar-refractivity contribution is -0.384. The summed E-state index contributed by atoms with van der Waals surface area (Å²) in [7, 11) is 0. The van der Waals surface area contributed by atoms with Crippen LogP contribution in [0.2, 0.25) is 5.02 Å². The van der Waals surface area contributed by atoms with Crippen molar-refractivity contribution in [2.24, 2.45) is 4.99 Å². The molecule has 0 spiro atoms. The molecule has 2 aliphatic rings. The van der Waals surface area contributed by atoms with E-state index in [1.807, 2.05) is 30.3 Å². The molecule has 3 aromatic carbocycles. The molecule has 2 aliphatic heterocycles. The molecule has 1 atom stereocenters. The van der Waals surface area contributed by atoms with Crippen molar-refractivity contribution in [3.8, 4) is 0 Å². The number of non-ortho nitro benzene ring substituents is 1. The van der Waals surface area contributed by atoms with Gasteiger partial charge in [-0.1, -0.05) is 53.7 Å². The van der Waals surface area contributed by atoms with Gasteiger partial charge in [-0.2, -0.15) is 0 Å². The summed E-state index contributed by atoms with van der Waals surface area (Å²) in [4.78, 5) is 47.7. The molecule has 3 aromatic rings. The minimum absolute atomic E-state index is 0.0453. The van der Waals surface area contributed by atoms with Gasteiger partial charge in [-0.3, -0.25) is 24.6 Å². The lowest BCUT2D eigenvalue weighted by Gasteiger charge is -2.39. The Morgan fingerprint density at radius 2 is 1.64 bits per heavy atom. The number of anilines is 1. The first-order valence-corrected chi connectivity index (χ1v) is 13.8. The Morgan fingerprint density at radius 3 is 2.28 bits per heavy atom. The monoisotopic (exact) mass is 563 g/mol. The third-order valence-corrected chi connectivity index (χ3v) is 8.09. The second-order valence-corrected chi connectivity index (χ2v) is 10.8. The maximum absolute atomic E-state index is 13.5. The number of hydrogen-bond acceptors (Lipinski definition) is 7. The van der Waals surface area contributed by atoms with Gasteiger partial charge in [0.05, 0.1) is 17.2 Å². The number of nitrogens with zero attached hydrogens (tertiary/aromatic N) is 5. The average molecular weight is 564 g/mol. The van der Waals surface area contributed by atoms with Crippen LogP contribution in [0.4, 0.5) is 17.1 Å². The molecule has 2 amide bonds. The first kappa shape index (κ1) is 26.7. The average Bonchev–Trinajstić information content (AvgIpc) is 2.96. The molecule has 0 unspecified atom stereocenters. The van der Waals surface area contributed by atoms with Crippen LogP contribution >= 0.6 is 23.4 Å². The molecular formula is C28H26ClN5O4S. The minimum atomic E-state index is -0.568. The van der Waals surface area contributed by atoms with Crippen LogP contribution in [-0.4, -0.2) is 63.1 Å². The van der Waals surface area contributed by atoms with Crippen LogP contribution in [0.25, 0.3) is 0 Å². The minimum Gasteiger partial charge on any atom is -0.368 e. The van der Waals surface area contributed by atoms with Gasteiger partial charge in [0.15, 0.2) is 5.17 Å². The maximum Gasteiger partial charge on any atom is 0.269 e. The van der Waals surface area contributed by atoms with E-state index in [9.17, 15) is 19.7 Å². The van der Waals surface area contributed by atoms with Gasteiger partial charge in [-0.25, -0.2) is 4.99 Å². The third kappa shape index (κ3) is 6.40. The normalized spacial score (nSPS) is 18.9. The Morgan fingerprint density at radius 1 is 0.974 bits per heavy atom. The summed E-state index contributed by atoms with van der Waals surface area (Å²) in [5.74, 6) is -0.229. The first-order valence-electron chi connectivity index (χ1n) is 12.5. The number of nitro benzene ring substituents is 1. The van der Waals surface area contributed by atoms with Gasteiger partial charge >= 0.3 is 0 Å². The summed E-state index contributed by atoms with van der Waals surface area (Å²) < 4.78 is 0. The van der Waals surface area contributed by atoms with Gasteiger partial charge in [0.1, 0.15) is 5.25 Å². The predicted octanol–water partition coefficient (Wildman–Crippen LogP) is 5.12. The molecule has 0 radical (unpaired) electrons. The van der Waals surface area contributed by atoms with Crippen LogP contribution in [-0.2, 0) is 16.1 Å². The van der Waals surface area contributed by atoms with Gasteiger partial charge in [0.25, 0.3) is 5.69 Å². The fraction of sp³-hybridized carbons (Fsp3) is 0.250. The molecule has 9 nitrogen and oxygen atoms in total. The molecule has 0 aromatic heterocycles. The van der Waals surface area contributed by atoms with Crippen molar-refractivity contribution in [3.63, 3.8) is 0 Å². The number of amidine groups is 1. The number of nitro groups is 1. The van der Waals surface area contributed by atoms with E-state index in [1.54, 1.807) is 46.2 Å². The van der Waals surface area contributed by atoms with Crippen LogP contribution < -0.4 is 4.90 Å². The van der Waals surface area contributed by atoms with Gasteiger partial charge in [-0.15, -0.1) is 0 Å². The van der Waals surface area contributed by atoms with E-state index in [2.05, 4.69) is 4.90 Å². The predicted molar refractivity (Wildman–Crippen MR) is 153 cm³/mol. The molecule has 2 heterocycles. The van der Waals surface area contributed by atoms with E-state index in [0.29, 0.717) is 48.6 Å². The van der Waals surface area contributed by atoms with Crippen LogP contribution in [0.3, 0.4) is 0 Å². The largest absolute Gasteiger partial charge is 0.368 e. The fourth-order valence-corrected chi connectivity index (χ4v) is 5.86. The zero-order valence-corrected chi connectivity index (χ0v) is 22.6. The van der Waals surface area contributed by atoms with Gasteiger partial charge in [-0.05, 0) is 42.0 Å². The van der Waals surface area contributed by atoms with E-state index in [-0.39, 0.29) is 23.9 Å². The molecule has 200 valence electrons. The van der Waals surface area contributed by atoms with Crippen molar-refractivity contribution in [2.45, 2.75) is 18.2 Å². The molecule has 0 bridgehead atoms. The topological polar surface area (TPSA) is 99.4 Å². The summed E-state index contributed by atoms with van der Waals surface area (Å²) in [6, 6.07) is 23.2. The zero-order valence-electron chi connectivity index (χ0n) is 21.0. The van der Waals surface area contributed by atoms with Crippen LogP contribution in [0.5, 0.6) is 0 Å². The Kier molecular flexibility index (Phi) is 8.13. The van der Waals surface area contributed by atoms with Crippen molar-refractivity contribution in [2.75, 3.05) is 31.1 Å². The maximum atomic E-state index is 13.5. The highest BCUT2D eigenvalue weighted by molar-refractivity contribution is 8.15. The van der Waals surface area contributed by atoms with E-state index >= 15 is 0 Å². The number of rotatable bonds is 6. The molecule has 2 fully saturated rings. The van der Waals surface area contributed by atoms with Gasteiger partial charge in [0, 0.05) is 55.4 Å². The van der Waals surface area contributed by atoms with Crippen LogP contribution in [0.15, 0.2) is 83.9 Å². The summed E-state index contributed by atoms with van der Waals surface area (Å²) >= 11 is 7.35.